The Kier molecular flexibility index (Phi) is 6.25. The van der Waals surface area contributed by atoms with Gasteiger partial charge < -0.3 is 10.6 Å². The van der Waals surface area contributed by atoms with Crippen molar-refractivity contribution >= 4 is 0 Å². The summed E-state index contributed by atoms with van der Waals surface area (Å²) in [7, 11) is 1.57. The summed E-state index contributed by atoms with van der Waals surface area (Å²) in [6, 6.07) is -2.10. The predicted molar refractivity (Wildman–Crippen MR) is 51.7 cm³/mol. The molecule has 1 unspecified atom stereocenters. The van der Waals surface area contributed by atoms with E-state index in [1.54, 1.807) is 7.05 Å². The molecule has 0 aliphatic rings. The zero-order valence-electron chi connectivity index (χ0n) is 9.54. The van der Waals surface area contributed by atoms with Gasteiger partial charge in [-0.1, -0.05) is 0 Å². The molecule has 0 aliphatic heterocycles. The molecule has 0 aromatic rings. The molecule has 0 saturated carbocycles. The molecule has 0 aromatic carbocycles. The number of rotatable bonds is 6. The van der Waals surface area contributed by atoms with E-state index in [4.69, 9.17) is 0 Å². The highest BCUT2D eigenvalue weighted by atomic mass is 19.4. The maximum absolute atomic E-state index is 12.1. The van der Waals surface area contributed by atoms with E-state index in [1.165, 1.54) is 6.92 Å². The zero-order valence-corrected chi connectivity index (χ0v) is 9.54. The topological polar surface area (TPSA) is 24.1 Å². The fourth-order valence-electron chi connectivity index (χ4n) is 1.52. The van der Waals surface area contributed by atoms with Gasteiger partial charge in [0, 0.05) is 18.6 Å². The molecular formula is C9H16F6N2. The first-order valence-electron chi connectivity index (χ1n) is 5.07. The normalized spacial score (nSPS) is 15.4. The van der Waals surface area contributed by atoms with Gasteiger partial charge >= 0.3 is 12.4 Å². The molecule has 0 spiro atoms. The third-order valence-electron chi connectivity index (χ3n) is 1.99. The molecule has 0 bridgehead atoms. The molecule has 0 fully saturated rings. The lowest BCUT2D eigenvalue weighted by Gasteiger charge is -2.25. The second kappa shape index (κ2) is 6.44. The maximum atomic E-state index is 12.1. The minimum atomic E-state index is -4.61. The van der Waals surface area contributed by atoms with Gasteiger partial charge in [-0.05, 0) is 14.0 Å². The van der Waals surface area contributed by atoms with Crippen molar-refractivity contribution < 1.29 is 26.3 Å². The minimum Gasteiger partial charge on any atom is -0.318 e. The van der Waals surface area contributed by atoms with E-state index in [0.717, 1.165) is 0 Å². The highest BCUT2D eigenvalue weighted by Gasteiger charge is 2.39. The molecule has 0 radical (unpaired) electrons. The molecule has 0 amide bonds. The molecule has 1 atom stereocenters. The van der Waals surface area contributed by atoms with E-state index in [1.807, 2.05) is 0 Å². The first kappa shape index (κ1) is 16.5. The van der Waals surface area contributed by atoms with Crippen molar-refractivity contribution in [3.05, 3.63) is 0 Å². The highest BCUT2D eigenvalue weighted by molar-refractivity contribution is 4.78. The summed E-state index contributed by atoms with van der Waals surface area (Å²) in [5, 5.41) is 5.00. The number of likely N-dealkylation sites (N-methyl/N-ethyl adjacent to an activating group) is 1. The Morgan fingerprint density at radius 1 is 0.941 bits per heavy atom. The second-order valence-corrected chi connectivity index (χ2v) is 3.96. The SMILES string of the molecule is CNCC(C)NC(CC(F)(F)F)CC(F)(F)F. The van der Waals surface area contributed by atoms with Crippen LogP contribution < -0.4 is 10.6 Å². The highest BCUT2D eigenvalue weighted by Crippen LogP contribution is 2.28. The Morgan fingerprint density at radius 2 is 1.35 bits per heavy atom. The van der Waals surface area contributed by atoms with Crippen LogP contribution >= 0.6 is 0 Å². The van der Waals surface area contributed by atoms with Gasteiger partial charge in [0.05, 0.1) is 12.8 Å². The van der Waals surface area contributed by atoms with E-state index < -0.39 is 37.3 Å². The molecule has 0 saturated heterocycles. The number of hydrogen-bond acceptors (Lipinski definition) is 2. The Bertz CT molecular complexity index is 197. The summed E-state index contributed by atoms with van der Waals surface area (Å²) < 4.78 is 72.6. The summed E-state index contributed by atoms with van der Waals surface area (Å²) in [6.45, 7) is 1.82. The average Bonchev–Trinajstić information content (AvgIpc) is 1.96. The number of halogens is 6. The lowest BCUT2D eigenvalue weighted by atomic mass is 10.1. The van der Waals surface area contributed by atoms with Crippen LogP contribution in [-0.4, -0.2) is 38.0 Å². The number of nitrogens with one attached hydrogen (secondary N) is 2. The van der Waals surface area contributed by atoms with Crippen molar-refractivity contribution in [3.63, 3.8) is 0 Å². The molecule has 2 nitrogen and oxygen atoms in total. The van der Waals surface area contributed by atoms with Gasteiger partial charge in [-0.15, -0.1) is 0 Å². The van der Waals surface area contributed by atoms with Gasteiger partial charge in [0.15, 0.2) is 0 Å². The summed E-state index contributed by atoms with van der Waals surface area (Å²) in [4.78, 5) is 0. The Morgan fingerprint density at radius 3 is 1.65 bits per heavy atom. The summed E-state index contributed by atoms with van der Waals surface area (Å²) in [5.41, 5.74) is 0. The van der Waals surface area contributed by atoms with E-state index in [2.05, 4.69) is 10.6 Å². The van der Waals surface area contributed by atoms with E-state index in [-0.39, 0.29) is 0 Å². The van der Waals surface area contributed by atoms with Crippen LogP contribution in [0.25, 0.3) is 0 Å². The van der Waals surface area contributed by atoms with Gasteiger partial charge in [0.25, 0.3) is 0 Å². The van der Waals surface area contributed by atoms with Crippen LogP contribution in [-0.2, 0) is 0 Å². The van der Waals surface area contributed by atoms with Crippen LogP contribution in [0.3, 0.4) is 0 Å². The average molecular weight is 266 g/mol. The monoisotopic (exact) mass is 266 g/mol. The van der Waals surface area contributed by atoms with Crippen molar-refractivity contribution in [1.29, 1.82) is 0 Å². The van der Waals surface area contributed by atoms with E-state index in [0.29, 0.717) is 6.54 Å². The Labute approximate surface area is 95.8 Å². The van der Waals surface area contributed by atoms with Crippen molar-refractivity contribution in [3.8, 4) is 0 Å². The van der Waals surface area contributed by atoms with Crippen LogP contribution in [0, 0.1) is 0 Å². The number of hydrogen-bond donors (Lipinski definition) is 2. The molecule has 0 aromatic heterocycles. The molecule has 8 heteroatoms. The molecule has 0 aliphatic carbocycles. The molecule has 2 N–H and O–H groups in total. The third-order valence-corrected chi connectivity index (χ3v) is 1.99. The fraction of sp³-hybridized carbons (Fsp3) is 1.00. The Balaban J connectivity index is 4.40. The first-order chi connectivity index (χ1) is 7.53. The maximum Gasteiger partial charge on any atom is 0.390 e. The van der Waals surface area contributed by atoms with Crippen LogP contribution in [0.15, 0.2) is 0 Å². The summed E-state index contributed by atoms with van der Waals surface area (Å²) in [6.07, 6.45) is -12.2. The minimum absolute atomic E-state index is 0.298. The van der Waals surface area contributed by atoms with E-state index >= 15 is 0 Å². The summed E-state index contributed by atoms with van der Waals surface area (Å²) >= 11 is 0. The largest absolute Gasteiger partial charge is 0.390 e. The van der Waals surface area contributed by atoms with Crippen LogP contribution in [0.1, 0.15) is 19.8 Å². The molecular weight excluding hydrogens is 250 g/mol. The van der Waals surface area contributed by atoms with Crippen molar-refractivity contribution in [1.82, 2.24) is 10.6 Å². The van der Waals surface area contributed by atoms with Gasteiger partial charge in [-0.25, -0.2) is 0 Å². The molecule has 17 heavy (non-hydrogen) atoms. The lowest BCUT2D eigenvalue weighted by molar-refractivity contribution is -0.165. The van der Waals surface area contributed by atoms with E-state index in [9.17, 15) is 26.3 Å². The number of alkyl halides is 6. The van der Waals surface area contributed by atoms with Gasteiger partial charge in [0.2, 0.25) is 0 Å². The second-order valence-electron chi connectivity index (χ2n) is 3.96. The summed E-state index contributed by atoms with van der Waals surface area (Å²) in [5.74, 6) is 0. The molecule has 0 heterocycles. The smallest absolute Gasteiger partial charge is 0.318 e. The molecule has 0 rings (SSSR count). The van der Waals surface area contributed by atoms with Crippen LogP contribution in [0.4, 0.5) is 26.3 Å². The third kappa shape index (κ3) is 10.4. The lowest BCUT2D eigenvalue weighted by Crippen LogP contribution is -2.45. The first-order valence-corrected chi connectivity index (χ1v) is 5.07. The molecule has 104 valence electrons. The predicted octanol–water partition coefficient (Wildman–Crippen LogP) is 2.46. The quantitative estimate of drug-likeness (QED) is 0.722. The van der Waals surface area contributed by atoms with Crippen molar-refractivity contribution in [2.24, 2.45) is 0 Å². The van der Waals surface area contributed by atoms with Crippen LogP contribution in [0.2, 0.25) is 0 Å². The van der Waals surface area contributed by atoms with Gasteiger partial charge in [-0.2, -0.15) is 26.3 Å². The zero-order chi connectivity index (χ0) is 13.7. The standard InChI is InChI=1S/C9H16F6N2/c1-6(5-16-2)17-7(3-8(10,11)12)4-9(13,14)15/h6-7,16-17H,3-5H2,1-2H3. The van der Waals surface area contributed by atoms with Crippen molar-refractivity contribution in [2.45, 2.75) is 44.2 Å². The fourth-order valence-corrected chi connectivity index (χ4v) is 1.52. The van der Waals surface area contributed by atoms with Crippen LogP contribution in [0.5, 0.6) is 0 Å². The van der Waals surface area contributed by atoms with Crippen molar-refractivity contribution in [2.75, 3.05) is 13.6 Å². The van der Waals surface area contributed by atoms with Gasteiger partial charge in [-0.3, -0.25) is 0 Å². The Hall–Kier alpha value is -0.500. The van der Waals surface area contributed by atoms with Gasteiger partial charge in [0.1, 0.15) is 0 Å².